The van der Waals surface area contributed by atoms with E-state index in [0.717, 1.165) is 0 Å². The number of hydrogen-bond donors (Lipinski definition) is 1. The zero-order chi connectivity index (χ0) is 11.7. The summed E-state index contributed by atoms with van der Waals surface area (Å²) in [6, 6.07) is 0. The van der Waals surface area contributed by atoms with Gasteiger partial charge in [0, 0.05) is 0 Å². The standard InChI is InChI=1S/C9H11N6PS/c17-16(13-4-1-10-7-13,14-5-2-11-8-14)15-6-3-12-9-15/h1-9,16-17H. The molecule has 0 radical (unpaired) electrons. The normalized spacial score (nSPS) is 12.8. The van der Waals surface area contributed by atoms with Gasteiger partial charge in [0.1, 0.15) is 0 Å². The Morgan fingerprint density at radius 1 is 0.706 bits per heavy atom. The van der Waals surface area contributed by atoms with Gasteiger partial charge in [-0.1, -0.05) is 0 Å². The van der Waals surface area contributed by atoms with Crippen molar-refractivity contribution in [1.82, 2.24) is 28.0 Å². The molecule has 0 N–H and O–H groups in total. The molecule has 17 heavy (non-hydrogen) atoms. The Hall–Kier alpha value is -1.59. The second-order valence-corrected chi connectivity index (χ2v) is 8.06. The van der Waals surface area contributed by atoms with Gasteiger partial charge in [-0.3, -0.25) is 0 Å². The third kappa shape index (κ3) is 1.59. The summed E-state index contributed by atoms with van der Waals surface area (Å²) in [7, 11) is 0. The maximum atomic E-state index is 4.89. The van der Waals surface area contributed by atoms with Crippen molar-refractivity contribution >= 4 is 19.2 Å². The first kappa shape index (κ1) is 10.6. The molecule has 0 aliphatic rings. The zero-order valence-electron chi connectivity index (χ0n) is 8.83. The van der Waals surface area contributed by atoms with Crippen LogP contribution >= 0.6 is 19.2 Å². The maximum absolute atomic E-state index is 4.89. The van der Waals surface area contributed by atoms with Crippen LogP contribution in [-0.4, -0.2) is 28.0 Å². The van der Waals surface area contributed by atoms with Crippen molar-refractivity contribution in [2.45, 2.75) is 0 Å². The van der Waals surface area contributed by atoms with Crippen LogP contribution < -0.4 is 0 Å². The van der Waals surface area contributed by atoms with E-state index < -0.39 is 6.92 Å². The van der Waals surface area contributed by atoms with E-state index in [4.69, 9.17) is 12.2 Å². The van der Waals surface area contributed by atoms with Crippen molar-refractivity contribution in [1.29, 1.82) is 0 Å². The summed E-state index contributed by atoms with van der Waals surface area (Å²) in [5, 5.41) is 0. The van der Waals surface area contributed by atoms with Gasteiger partial charge in [-0.2, -0.15) is 0 Å². The van der Waals surface area contributed by atoms with Crippen LogP contribution in [0, 0.1) is 0 Å². The van der Waals surface area contributed by atoms with E-state index >= 15 is 0 Å². The molecule has 3 aromatic rings. The minimum atomic E-state index is -2.46. The number of thiol groups is 1. The number of hydrogen-bond acceptors (Lipinski definition) is 4. The summed E-state index contributed by atoms with van der Waals surface area (Å²) in [5.41, 5.74) is 0. The van der Waals surface area contributed by atoms with Crippen molar-refractivity contribution in [2.24, 2.45) is 0 Å². The van der Waals surface area contributed by atoms with Gasteiger partial charge < -0.3 is 0 Å². The number of nitrogens with zero attached hydrogens (tertiary/aromatic N) is 6. The average Bonchev–Trinajstić information content (AvgIpc) is 3.10. The van der Waals surface area contributed by atoms with Gasteiger partial charge in [0.05, 0.1) is 0 Å². The summed E-state index contributed by atoms with van der Waals surface area (Å²) < 4.78 is 6.00. The molecule has 0 aliphatic heterocycles. The minimum absolute atomic E-state index is 1.74. The van der Waals surface area contributed by atoms with Crippen molar-refractivity contribution in [2.75, 3.05) is 0 Å². The summed E-state index contributed by atoms with van der Waals surface area (Å²) >= 11 is 4.89. The predicted octanol–water partition coefficient (Wildman–Crippen LogP) is 1.56. The summed E-state index contributed by atoms with van der Waals surface area (Å²) in [6.07, 6.45) is 16.2. The van der Waals surface area contributed by atoms with Crippen molar-refractivity contribution in [3.8, 4) is 0 Å². The fourth-order valence-corrected chi connectivity index (χ4v) is 5.04. The Kier molecular flexibility index (Phi) is 2.49. The first-order valence-electron chi connectivity index (χ1n) is 4.99. The Bertz CT molecular complexity index is 489. The van der Waals surface area contributed by atoms with Gasteiger partial charge in [0.25, 0.3) is 0 Å². The van der Waals surface area contributed by atoms with E-state index in [-0.39, 0.29) is 0 Å². The van der Waals surface area contributed by atoms with Crippen LogP contribution in [-0.2, 0) is 0 Å². The molecule has 0 unspecified atom stereocenters. The molecular weight excluding hydrogens is 255 g/mol. The van der Waals surface area contributed by atoms with E-state index in [9.17, 15) is 0 Å². The summed E-state index contributed by atoms with van der Waals surface area (Å²) in [5.74, 6) is 0. The van der Waals surface area contributed by atoms with Gasteiger partial charge in [-0.05, 0) is 0 Å². The van der Waals surface area contributed by atoms with Crippen molar-refractivity contribution in [3.63, 3.8) is 0 Å². The van der Waals surface area contributed by atoms with Crippen LogP contribution in [0.25, 0.3) is 0 Å². The zero-order valence-corrected chi connectivity index (χ0v) is 10.7. The monoisotopic (exact) mass is 266 g/mol. The molecular formula is C9H11N6PS. The van der Waals surface area contributed by atoms with Crippen LogP contribution in [0.5, 0.6) is 0 Å². The van der Waals surface area contributed by atoms with E-state index in [2.05, 4.69) is 15.0 Å². The third-order valence-corrected chi connectivity index (χ3v) is 7.50. The van der Waals surface area contributed by atoms with E-state index in [1.54, 1.807) is 37.6 Å². The molecule has 3 heterocycles. The molecule has 88 valence electrons. The van der Waals surface area contributed by atoms with Gasteiger partial charge in [0.2, 0.25) is 0 Å². The molecule has 0 spiro atoms. The van der Waals surface area contributed by atoms with Crippen molar-refractivity contribution < 1.29 is 0 Å². The second-order valence-electron chi connectivity index (χ2n) is 3.51. The quantitative estimate of drug-likeness (QED) is 0.578. The molecule has 0 saturated carbocycles. The molecule has 0 aliphatic carbocycles. The van der Waals surface area contributed by atoms with Crippen LogP contribution in [0.2, 0.25) is 0 Å². The molecule has 0 saturated heterocycles. The molecule has 0 aromatic carbocycles. The second kappa shape index (κ2) is 4.01. The fourth-order valence-electron chi connectivity index (χ4n) is 1.71. The Morgan fingerprint density at radius 2 is 1.06 bits per heavy atom. The van der Waals surface area contributed by atoms with Crippen LogP contribution in [0.15, 0.2) is 56.2 Å². The van der Waals surface area contributed by atoms with Crippen LogP contribution in [0.3, 0.4) is 0 Å². The Labute approximate surface area is 104 Å². The molecule has 6 nitrogen and oxygen atoms in total. The van der Waals surface area contributed by atoms with Crippen molar-refractivity contribution in [3.05, 3.63) is 56.2 Å². The number of rotatable bonds is 3. The molecule has 0 bridgehead atoms. The van der Waals surface area contributed by atoms with Gasteiger partial charge in [-0.15, -0.1) is 0 Å². The molecule has 8 heteroatoms. The molecule has 3 rings (SSSR count). The fraction of sp³-hybridized carbons (Fsp3) is 0. The Balaban J connectivity index is 2.21. The van der Waals surface area contributed by atoms with E-state index in [0.29, 0.717) is 0 Å². The first-order chi connectivity index (χ1) is 8.32. The first-order valence-corrected chi connectivity index (χ1v) is 8.12. The summed E-state index contributed by atoms with van der Waals surface area (Å²) in [6.45, 7) is -2.46. The van der Waals surface area contributed by atoms with E-state index in [1.165, 1.54) is 0 Å². The number of imidazole rings is 3. The van der Waals surface area contributed by atoms with Crippen LogP contribution in [0.1, 0.15) is 0 Å². The van der Waals surface area contributed by atoms with E-state index in [1.807, 2.05) is 31.6 Å². The molecule has 3 aromatic heterocycles. The van der Waals surface area contributed by atoms with Crippen LogP contribution in [0.4, 0.5) is 0 Å². The molecule has 0 amide bonds. The van der Waals surface area contributed by atoms with Gasteiger partial charge >= 0.3 is 103 Å². The third-order valence-electron chi connectivity index (χ3n) is 2.55. The Morgan fingerprint density at radius 3 is 1.29 bits per heavy atom. The average molecular weight is 266 g/mol. The molecule has 0 fully saturated rings. The topological polar surface area (TPSA) is 53.5 Å². The SMILES string of the molecule is S[PH](n1ccnc1)(n1ccnc1)n1ccnc1. The van der Waals surface area contributed by atoms with Gasteiger partial charge in [0.15, 0.2) is 0 Å². The molecule has 0 atom stereocenters. The predicted molar refractivity (Wildman–Crippen MR) is 70.2 cm³/mol. The summed E-state index contributed by atoms with van der Waals surface area (Å²) in [4.78, 5) is 12.3. The van der Waals surface area contributed by atoms with Gasteiger partial charge in [-0.25, -0.2) is 0 Å². The number of aromatic nitrogens is 6.